The van der Waals surface area contributed by atoms with Gasteiger partial charge in [-0.25, -0.2) is 0 Å². The molecule has 1 aliphatic heterocycles. The Morgan fingerprint density at radius 3 is 1.67 bits per heavy atom. The fourth-order valence-corrected chi connectivity index (χ4v) is 9.48. The summed E-state index contributed by atoms with van der Waals surface area (Å²) in [5.74, 6) is 0. The average molecular weight is 304 g/mol. The Kier molecular flexibility index (Phi) is 3.02. The molecule has 1 aliphatic rings. The van der Waals surface area contributed by atoms with Crippen molar-refractivity contribution >= 4 is 35.4 Å². The van der Waals surface area contributed by atoms with E-state index < -0.39 is 8.07 Å². The standard InChI is InChI=1S/C19H16SSi/c1-21(15-9-3-2-4-10-15)18-13-7-5-11-16(18)20-17-12-6-8-14-19(17)21/h2-14H,1H3. The second kappa shape index (κ2) is 4.90. The molecule has 0 saturated carbocycles. The van der Waals surface area contributed by atoms with E-state index in [0.29, 0.717) is 0 Å². The molecule has 2 heteroatoms. The van der Waals surface area contributed by atoms with Crippen molar-refractivity contribution < 1.29 is 0 Å². The Hall–Kier alpha value is -1.77. The van der Waals surface area contributed by atoms with Gasteiger partial charge in [0.15, 0.2) is 0 Å². The lowest BCUT2D eigenvalue weighted by atomic mass is 10.3. The topological polar surface area (TPSA) is 0 Å². The van der Waals surface area contributed by atoms with E-state index in [1.165, 1.54) is 15.0 Å². The van der Waals surface area contributed by atoms with Crippen LogP contribution in [0.3, 0.4) is 0 Å². The van der Waals surface area contributed by atoms with Crippen LogP contribution in [-0.4, -0.2) is 8.07 Å². The number of rotatable bonds is 1. The second-order valence-corrected chi connectivity index (χ2v) is 10.6. The van der Waals surface area contributed by atoms with Gasteiger partial charge in [-0.05, 0) is 27.7 Å². The van der Waals surface area contributed by atoms with Crippen molar-refractivity contribution in [2.24, 2.45) is 0 Å². The molecule has 3 aromatic rings. The van der Waals surface area contributed by atoms with Gasteiger partial charge in [0.1, 0.15) is 8.07 Å². The van der Waals surface area contributed by atoms with Crippen LogP contribution in [0.5, 0.6) is 0 Å². The molecule has 0 bridgehead atoms. The Labute approximate surface area is 130 Å². The molecular formula is C19H16SSi. The maximum atomic E-state index is 2.49. The van der Waals surface area contributed by atoms with Gasteiger partial charge < -0.3 is 0 Å². The molecule has 0 fully saturated rings. The van der Waals surface area contributed by atoms with Gasteiger partial charge in [-0.1, -0.05) is 85.0 Å². The maximum absolute atomic E-state index is 2.49. The third-order valence-electron chi connectivity index (χ3n) is 4.42. The zero-order chi connectivity index (χ0) is 14.3. The fourth-order valence-electron chi connectivity index (χ4n) is 3.28. The third-order valence-corrected chi connectivity index (χ3v) is 10.5. The molecule has 3 aromatic carbocycles. The monoisotopic (exact) mass is 304 g/mol. The molecule has 1 heterocycles. The first kappa shape index (κ1) is 12.9. The lowest BCUT2D eigenvalue weighted by molar-refractivity contribution is 1.41. The van der Waals surface area contributed by atoms with Crippen molar-refractivity contribution in [3.8, 4) is 0 Å². The van der Waals surface area contributed by atoms with E-state index in [-0.39, 0.29) is 0 Å². The molecule has 0 amide bonds. The molecule has 0 aliphatic carbocycles. The molecule has 0 saturated heterocycles. The van der Waals surface area contributed by atoms with Gasteiger partial charge in [0, 0.05) is 9.79 Å². The van der Waals surface area contributed by atoms with Gasteiger partial charge in [0.25, 0.3) is 0 Å². The summed E-state index contributed by atoms with van der Waals surface area (Å²) in [6.07, 6.45) is 0. The van der Waals surface area contributed by atoms with Crippen molar-refractivity contribution in [1.82, 2.24) is 0 Å². The van der Waals surface area contributed by atoms with Crippen LogP contribution >= 0.6 is 11.8 Å². The highest BCUT2D eigenvalue weighted by atomic mass is 32.2. The summed E-state index contributed by atoms with van der Waals surface area (Å²) >= 11 is 1.91. The van der Waals surface area contributed by atoms with Gasteiger partial charge in [0.2, 0.25) is 0 Å². The number of hydrogen-bond acceptors (Lipinski definition) is 1. The van der Waals surface area contributed by atoms with Crippen LogP contribution in [0, 0.1) is 0 Å². The third kappa shape index (κ3) is 1.90. The first-order chi connectivity index (χ1) is 10.3. The minimum absolute atomic E-state index is 1.43. The van der Waals surface area contributed by atoms with Crippen LogP contribution in [0.2, 0.25) is 6.55 Å². The lowest BCUT2D eigenvalue weighted by Crippen LogP contribution is -2.67. The fraction of sp³-hybridized carbons (Fsp3) is 0.0526. The molecule has 0 atom stereocenters. The summed E-state index contributed by atoms with van der Waals surface area (Å²) in [4.78, 5) is 2.85. The Morgan fingerprint density at radius 1 is 0.619 bits per heavy atom. The number of benzene rings is 3. The molecule has 0 N–H and O–H groups in total. The van der Waals surface area contributed by atoms with E-state index in [1.54, 1.807) is 10.4 Å². The Balaban J connectivity index is 2.06. The predicted octanol–water partition coefficient (Wildman–Crippen LogP) is 3.25. The average Bonchev–Trinajstić information content (AvgIpc) is 2.56. The van der Waals surface area contributed by atoms with Crippen molar-refractivity contribution in [3.05, 3.63) is 78.9 Å². The quantitative estimate of drug-likeness (QED) is 0.622. The van der Waals surface area contributed by atoms with Crippen LogP contribution in [0.4, 0.5) is 0 Å². The molecule has 4 rings (SSSR count). The smallest absolute Gasteiger partial charge is 0.0903 e. The maximum Gasteiger partial charge on any atom is 0.148 e. The van der Waals surface area contributed by atoms with Gasteiger partial charge in [-0.3, -0.25) is 0 Å². The second-order valence-electron chi connectivity index (χ2n) is 5.59. The highest BCUT2D eigenvalue weighted by molar-refractivity contribution is 8.00. The van der Waals surface area contributed by atoms with Crippen LogP contribution < -0.4 is 15.6 Å². The van der Waals surface area contributed by atoms with Gasteiger partial charge >= 0.3 is 0 Å². The molecule has 0 radical (unpaired) electrons. The summed E-state index contributed by atoms with van der Waals surface area (Å²) < 4.78 is 0. The molecule has 0 nitrogen and oxygen atoms in total. The zero-order valence-electron chi connectivity index (χ0n) is 11.9. The van der Waals surface area contributed by atoms with Crippen molar-refractivity contribution in [2.45, 2.75) is 16.3 Å². The van der Waals surface area contributed by atoms with Crippen molar-refractivity contribution in [2.75, 3.05) is 0 Å². The van der Waals surface area contributed by atoms with E-state index in [4.69, 9.17) is 0 Å². The summed E-state index contributed by atoms with van der Waals surface area (Å²) in [5, 5.41) is 4.57. The Bertz CT molecular complexity index is 750. The van der Waals surface area contributed by atoms with E-state index >= 15 is 0 Å². The Morgan fingerprint density at radius 2 is 1.10 bits per heavy atom. The highest BCUT2D eigenvalue weighted by Crippen LogP contribution is 2.32. The van der Waals surface area contributed by atoms with E-state index in [9.17, 15) is 0 Å². The van der Waals surface area contributed by atoms with Crippen LogP contribution in [0.15, 0.2) is 88.7 Å². The molecule has 0 aromatic heterocycles. The first-order valence-corrected chi connectivity index (χ1v) is 10.5. The predicted molar refractivity (Wildman–Crippen MR) is 94.0 cm³/mol. The minimum atomic E-state index is -1.87. The molecule has 102 valence electrons. The summed E-state index contributed by atoms with van der Waals surface area (Å²) in [7, 11) is -1.87. The highest BCUT2D eigenvalue weighted by Gasteiger charge is 2.40. The summed E-state index contributed by atoms with van der Waals surface area (Å²) in [5.41, 5.74) is 0. The van der Waals surface area contributed by atoms with Crippen LogP contribution in [0.1, 0.15) is 0 Å². The van der Waals surface area contributed by atoms with E-state index in [0.717, 1.165) is 0 Å². The minimum Gasteiger partial charge on any atom is -0.0903 e. The van der Waals surface area contributed by atoms with E-state index in [1.807, 2.05) is 11.8 Å². The summed E-state index contributed by atoms with van der Waals surface area (Å²) in [6.45, 7) is 2.49. The lowest BCUT2D eigenvalue weighted by Gasteiger charge is -2.36. The summed E-state index contributed by atoms with van der Waals surface area (Å²) in [6, 6.07) is 28.9. The van der Waals surface area contributed by atoms with E-state index in [2.05, 4.69) is 85.4 Å². The number of fused-ring (bicyclic) bond motifs is 2. The van der Waals surface area contributed by atoms with Crippen molar-refractivity contribution in [3.63, 3.8) is 0 Å². The van der Waals surface area contributed by atoms with Crippen molar-refractivity contribution in [1.29, 1.82) is 0 Å². The molecular weight excluding hydrogens is 288 g/mol. The number of hydrogen-bond donors (Lipinski definition) is 0. The van der Waals surface area contributed by atoms with Gasteiger partial charge in [-0.15, -0.1) is 0 Å². The largest absolute Gasteiger partial charge is 0.148 e. The molecule has 0 unspecified atom stereocenters. The van der Waals surface area contributed by atoms with Gasteiger partial charge in [0.05, 0.1) is 0 Å². The SMILES string of the molecule is C[Si]1(c2ccccc2)c2ccccc2Sc2ccccc21. The first-order valence-electron chi connectivity index (χ1n) is 7.22. The normalized spacial score (nSPS) is 15.1. The zero-order valence-corrected chi connectivity index (χ0v) is 13.7. The van der Waals surface area contributed by atoms with Crippen LogP contribution in [-0.2, 0) is 0 Å². The van der Waals surface area contributed by atoms with Crippen LogP contribution in [0.25, 0.3) is 0 Å². The molecule has 0 spiro atoms. The molecule has 21 heavy (non-hydrogen) atoms. The van der Waals surface area contributed by atoms with Gasteiger partial charge in [-0.2, -0.15) is 0 Å².